The highest BCUT2D eigenvalue weighted by molar-refractivity contribution is 5.77. The molecule has 4 saturated carbocycles. The van der Waals surface area contributed by atoms with Crippen molar-refractivity contribution in [3.63, 3.8) is 0 Å². The van der Waals surface area contributed by atoms with Crippen molar-refractivity contribution in [1.29, 1.82) is 0 Å². The van der Waals surface area contributed by atoms with Crippen molar-refractivity contribution in [3.8, 4) is 0 Å². The Morgan fingerprint density at radius 2 is 1.64 bits per heavy atom. The second kappa shape index (κ2) is 10.5. The Hall–Kier alpha value is -1.07. The summed E-state index contributed by atoms with van der Waals surface area (Å²) >= 11 is 0. The van der Waals surface area contributed by atoms with Crippen molar-refractivity contribution in [1.82, 2.24) is 0 Å². The van der Waals surface area contributed by atoms with Crippen molar-refractivity contribution < 1.29 is 44.9 Å². The number of carboxylic acid groups (broad SMARTS) is 1. The second-order valence-electron chi connectivity index (χ2n) is 17.4. The largest absolute Gasteiger partial charge is 0.481 e. The molecular formula is C35H56O9. The zero-order chi connectivity index (χ0) is 32.3. The lowest BCUT2D eigenvalue weighted by molar-refractivity contribution is -0.313. The van der Waals surface area contributed by atoms with Gasteiger partial charge in [-0.3, -0.25) is 4.79 Å². The van der Waals surface area contributed by atoms with Crippen LogP contribution in [0.3, 0.4) is 0 Å². The first-order chi connectivity index (χ1) is 20.4. The van der Waals surface area contributed by atoms with Crippen LogP contribution >= 0.6 is 0 Å². The minimum Gasteiger partial charge on any atom is -0.481 e. The molecular weight excluding hydrogens is 564 g/mol. The van der Waals surface area contributed by atoms with E-state index in [0.717, 1.165) is 38.5 Å². The summed E-state index contributed by atoms with van der Waals surface area (Å²) in [6.45, 7) is 13.4. The fourth-order valence-corrected chi connectivity index (χ4v) is 12.0. The van der Waals surface area contributed by atoms with E-state index in [4.69, 9.17) is 9.47 Å². The van der Waals surface area contributed by atoms with Crippen LogP contribution in [0.1, 0.15) is 99.3 Å². The maximum Gasteiger partial charge on any atom is 0.312 e. The summed E-state index contributed by atoms with van der Waals surface area (Å²) in [4.78, 5) is 13.0. The quantitative estimate of drug-likeness (QED) is 0.204. The van der Waals surface area contributed by atoms with Crippen LogP contribution in [0.25, 0.3) is 0 Å². The molecule has 5 fully saturated rings. The first-order valence-corrected chi connectivity index (χ1v) is 17.0. The van der Waals surface area contributed by atoms with Gasteiger partial charge < -0.3 is 40.1 Å². The van der Waals surface area contributed by atoms with Crippen molar-refractivity contribution in [2.45, 2.75) is 136 Å². The summed E-state index contributed by atoms with van der Waals surface area (Å²) in [6, 6.07) is 0. The number of aliphatic carboxylic acids is 1. The van der Waals surface area contributed by atoms with E-state index in [0.29, 0.717) is 19.3 Å². The zero-order valence-electron chi connectivity index (χ0n) is 27.5. The summed E-state index contributed by atoms with van der Waals surface area (Å²) in [6.07, 6.45) is 2.66. The Kier molecular flexibility index (Phi) is 7.81. The summed E-state index contributed by atoms with van der Waals surface area (Å²) in [5.74, 6) is -0.665. The van der Waals surface area contributed by atoms with Crippen LogP contribution in [0.4, 0.5) is 0 Å². The Balaban J connectivity index is 1.34. The standard InChI is InChI=1S/C35H56O9/c1-30(2)13-14-35(29(41)42)20(15-30)19-7-8-23-31(3)11-10-25(44-28-27(40)26(39)21(37)17-43-28)32(4,18-36)22(31)9-12-33(23,5)34(19,6)16-24(35)38/h7,20-28,36-40H,8-18H2,1-6H3,(H,41,42). The van der Waals surface area contributed by atoms with Crippen molar-refractivity contribution in [2.75, 3.05) is 13.2 Å². The SMILES string of the molecule is CC1(C)CCC2(C(=O)O)C(O)CC3(C)C(=CCC4C5(C)CCC(OC6OCC(O)C(O)C6O)C(C)(CO)C5CCC43C)C2C1. The van der Waals surface area contributed by atoms with Gasteiger partial charge in [0.1, 0.15) is 23.7 Å². The van der Waals surface area contributed by atoms with E-state index in [1.165, 1.54) is 5.57 Å². The van der Waals surface area contributed by atoms with Gasteiger partial charge in [-0.2, -0.15) is 0 Å². The zero-order valence-corrected chi connectivity index (χ0v) is 27.5. The smallest absolute Gasteiger partial charge is 0.312 e. The number of aliphatic hydroxyl groups excluding tert-OH is 5. The van der Waals surface area contributed by atoms with E-state index < -0.39 is 53.6 Å². The average Bonchev–Trinajstić information content (AvgIpc) is 2.94. The molecule has 0 radical (unpaired) electrons. The molecule has 6 aliphatic rings. The van der Waals surface area contributed by atoms with E-state index in [2.05, 4.69) is 47.6 Å². The van der Waals surface area contributed by atoms with Gasteiger partial charge in [0.2, 0.25) is 0 Å². The lowest BCUT2D eigenvalue weighted by Crippen LogP contribution is -2.68. The molecule has 0 bridgehead atoms. The third kappa shape index (κ3) is 4.25. The Bertz CT molecular complexity index is 1190. The van der Waals surface area contributed by atoms with Crippen LogP contribution in [0, 0.1) is 50.2 Å². The van der Waals surface area contributed by atoms with Gasteiger partial charge in [-0.25, -0.2) is 0 Å². The second-order valence-corrected chi connectivity index (χ2v) is 17.4. The number of allylic oxidation sites excluding steroid dienone is 2. The maximum atomic E-state index is 13.0. The van der Waals surface area contributed by atoms with Crippen LogP contribution in [-0.4, -0.2) is 86.6 Å². The molecule has 0 amide bonds. The van der Waals surface area contributed by atoms with Crippen molar-refractivity contribution in [3.05, 3.63) is 11.6 Å². The minimum atomic E-state index is -1.38. The van der Waals surface area contributed by atoms with E-state index in [1.54, 1.807) is 0 Å². The predicted molar refractivity (Wildman–Crippen MR) is 162 cm³/mol. The van der Waals surface area contributed by atoms with Gasteiger partial charge in [0.05, 0.1) is 25.4 Å². The monoisotopic (exact) mass is 620 g/mol. The van der Waals surface area contributed by atoms with Crippen LogP contribution in [-0.2, 0) is 14.3 Å². The molecule has 0 aromatic heterocycles. The molecule has 9 nitrogen and oxygen atoms in total. The molecule has 0 spiro atoms. The first kappa shape index (κ1) is 32.9. The highest BCUT2D eigenvalue weighted by Crippen LogP contribution is 2.76. The fraction of sp³-hybridized carbons (Fsp3) is 0.914. The van der Waals surface area contributed by atoms with E-state index in [-0.39, 0.29) is 52.6 Å². The van der Waals surface area contributed by atoms with E-state index >= 15 is 0 Å². The summed E-state index contributed by atoms with van der Waals surface area (Å²) in [7, 11) is 0. The Morgan fingerprint density at radius 1 is 0.932 bits per heavy atom. The molecule has 1 saturated heterocycles. The molecule has 6 rings (SSSR count). The molecule has 0 aromatic carbocycles. The number of carboxylic acids is 1. The fourth-order valence-electron chi connectivity index (χ4n) is 12.0. The van der Waals surface area contributed by atoms with E-state index in [1.807, 2.05) is 0 Å². The van der Waals surface area contributed by atoms with Gasteiger partial charge in [-0.05, 0) is 97.2 Å². The van der Waals surface area contributed by atoms with Gasteiger partial charge in [-0.15, -0.1) is 0 Å². The summed E-state index contributed by atoms with van der Waals surface area (Å²) in [5, 5.41) is 64.2. The number of rotatable bonds is 4. The molecule has 0 aromatic rings. The first-order valence-electron chi connectivity index (χ1n) is 17.0. The highest BCUT2D eigenvalue weighted by Gasteiger charge is 2.71. The van der Waals surface area contributed by atoms with Gasteiger partial charge in [0.15, 0.2) is 6.29 Å². The molecule has 44 heavy (non-hydrogen) atoms. The molecule has 250 valence electrons. The molecule has 14 unspecified atom stereocenters. The number of hydrogen-bond donors (Lipinski definition) is 6. The van der Waals surface area contributed by atoms with Crippen LogP contribution < -0.4 is 0 Å². The molecule has 9 heteroatoms. The van der Waals surface area contributed by atoms with Gasteiger partial charge in [0.25, 0.3) is 0 Å². The lowest BCUT2D eigenvalue weighted by atomic mass is 9.33. The third-order valence-corrected chi connectivity index (χ3v) is 14.9. The van der Waals surface area contributed by atoms with Crippen LogP contribution in [0.5, 0.6) is 0 Å². The van der Waals surface area contributed by atoms with Crippen LogP contribution in [0.15, 0.2) is 11.6 Å². The number of fused-ring (bicyclic) bond motifs is 7. The number of carbonyl (C=O) groups is 1. The maximum absolute atomic E-state index is 13.0. The Labute approximate surface area is 262 Å². The average molecular weight is 621 g/mol. The lowest BCUT2D eigenvalue weighted by Gasteiger charge is -2.71. The Morgan fingerprint density at radius 3 is 2.30 bits per heavy atom. The van der Waals surface area contributed by atoms with Crippen molar-refractivity contribution in [2.24, 2.45) is 50.2 Å². The molecule has 5 aliphatic carbocycles. The molecule has 14 atom stereocenters. The van der Waals surface area contributed by atoms with Crippen molar-refractivity contribution >= 4 is 5.97 Å². The van der Waals surface area contributed by atoms with E-state index in [9.17, 15) is 35.4 Å². The molecule has 1 heterocycles. The minimum absolute atomic E-state index is 0.00883. The van der Waals surface area contributed by atoms with Gasteiger partial charge >= 0.3 is 5.97 Å². The number of hydrogen-bond acceptors (Lipinski definition) is 8. The summed E-state index contributed by atoms with van der Waals surface area (Å²) < 4.78 is 12.0. The summed E-state index contributed by atoms with van der Waals surface area (Å²) in [5.41, 5.74) is -1.15. The normalized spacial score (nSPS) is 55.1. The number of ether oxygens (including phenoxy) is 2. The topological polar surface area (TPSA) is 157 Å². The van der Waals surface area contributed by atoms with Gasteiger partial charge in [0, 0.05) is 5.41 Å². The predicted octanol–water partition coefficient (Wildman–Crippen LogP) is 3.64. The molecule has 6 N–H and O–H groups in total. The molecule has 1 aliphatic heterocycles. The third-order valence-electron chi connectivity index (χ3n) is 14.9. The van der Waals surface area contributed by atoms with Crippen LogP contribution in [0.2, 0.25) is 0 Å². The van der Waals surface area contributed by atoms with Gasteiger partial charge in [-0.1, -0.05) is 53.2 Å². The highest BCUT2D eigenvalue weighted by atomic mass is 16.7. The number of aliphatic hydroxyl groups is 5.